The first-order valence-corrected chi connectivity index (χ1v) is 22.6. The Morgan fingerprint density at radius 2 is 1.68 bits per heavy atom. The molecule has 1 heterocycles. The number of esters is 4. The Morgan fingerprint density at radius 1 is 0.985 bits per heavy atom. The summed E-state index contributed by atoms with van der Waals surface area (Å²) in [6, 6.07) is 6.70. The van der Waals surface area contributed by atoms with Crippen LogP contribution in [0.15, 0.2) is 41.5 Å². The summed E-state index contributed by atoms with van der Waals surface area (Å²) >= 11 is 0. The van der Waals surface area contributed by atoms with Crippen LogP contribution >= 0.6 is 0 Å². The second-order valence-electron chi connectivity index (χ2n) is 18.8. The lowest BCUT2D eigenvalue weighted by atomic mass is 9.48. The van der Waals surface area contributed by atoms with E-state index in [2.05, 4.69) is 10.6 Å². The highest BCUT2D eigenvalue weighted by atomic mass is 16.6. The number of ketones is 1. The number of unbranched alkanes of at least 4 members (excludes halogenated alkanes) is 2. The number of rotatable bonds is 18. The van der Waals surface area contributed by atoms with Crippen molar-refractivity contribution in [2.45, 2.75) is 148 Å². The molecule has 1 unspecified atom stereocenters. The molecule has 1 saturated heterocycles. The Bertz CT molecular complexity index is 1980. The zero-order valence-corrected chi connectivity index (χ0v) is 39.0. The number of amides is 2. The number of aliphatic hydroxyl groups excluding tert-OH is 2. The van der Waals surface area contributed by atoms with Gasteiger partial charge in [-0.3, -0.25) is 14.4 Å². The fraction of sp³-hybridized carbons (Fsp3) is 0.681. The van der Waals surface area contributed by atoms with Crippen LogP contribution in [0.3, 0.4) is 0 Å². The van der Waals surface area contributed by atoms with Gasteiger partial charge in [0.15, 0.2) is 5.78 Å². The topological polar surface area (TPSA) is 269 Å². The van der Waals surface area contributed by atoms with Crippen molar-refractivity contribution in [3.8, 4) is 0 Å². The Labute approximate surface area is 384 Å². The summed E-state index contributed by atoms with van der Waals surface area (Å²) in [4.78, 5) is 92.9. The maximum Gasteiger partial charge on any atom is 0.408 e. The number of carbonyl (C=O) groups is 7. The van der Waals surface area contributed by atoms with Gasteiger partial charge in [-0.15, -0.1) is 0 Å². The zero-order chi connectivity index (χ0) is 48.7. The summed E-state index contributed by atoms with van der Waals surface area (Å²) in [5.74, 6) is -7.39. The molecule has 3 aliphatic carbocycles. The molecule has 2 bridgehead atoms. The van der Waals surface area contributed by atoms with E-state index >= 15 is 0 Å². The molecule has 0 aromatic heterocycles. The summed E-state index contributed by atoms with van der Waals surface area (Å²) in [6.07, 6.45) is -7.85. The fourth-order valence-electron chi connectivity index (χ4n) is 9.59. The van der Waals surface area contributed by atoms with Crippen LogP contribution in [0, 0.1) is 23.2 Å². The van der Waals surface area contributed by atoms with Gasteiger partial charge in [0.05, 0.1) is 42.4 Å². The summed E-state index contributed by atoms with van der Waals surface area (Å²) < 4.78 is 39.1. The van der Waals surface area contributed by atoms with Gasteiger partial charge < -0.3 is 59.1 Å². The molecule has 2 saturated carbocycles. The first-order chi connectivity index (χ1) is 31.0. The van der Waals surface area contributed by atoms with Crippen LogP contribution in [0.4, 0.5) is 4.79 Å². The van der Waals surface area contributed by atoms with Crippen molar-refractivity contribution in [2.24, 2.45) is 23.2 Å². The summed E-state index contributed by atoms with van der Waals surface area (Å²) in [6.45, 7) is 11.9. The summed E-state index contributed by atoms with van der Waals surface area (Å²) in [7, 11) is 0. The van der Waals surface area contributed by atoms with Crippen LogP contribution < -0.4 is 10.6 Å². The van der Waals surface area contributed by atoms with Gasteiger partial charge >= 0.3 is 30.0 Å². The van der Waals surface area contributed by atoms with Crippen LogP contribution in [0.2, 0.25) is 0 Å². The van der Waals surface area contributed by atoms with Crippen LogP contribution in [-0.2, 0) is 57.1 Å². The van der Waals surface area contributed by atoms with Crippen LogP contribution in [0.1, 0.15) is 104 Å². The van der Waals surface area contributed by atoms with Gasteiger partial charge in [-0.25, -0.2) is 19.2 Å². The van der Waals surface area contributed by atoms with Crippen LogP contribution in [0.25, 0.3) is 0 Å². The van der Waals surface area contributed by atoms with Crippen molar-refractivity contribution in [3.63, 3.8) is 0 Å². The lowest BCUT2D eigenvalue weighted by Gasteiger charge is -2.62. The van der Waals surface area contributed by atoms with Crippen molar-refractivity contribution in [1.29, 1.82) is 0 Å². The molecule has 5 rings (SSSR count). The molecule has 1 aliphatic heterocycles. The first-order valence-electron chi connectivity index (χ1n) is 22.6. The zero-order valence-electron chi connectivity index (χ0n) is 39.0. The highest BCUT2D eigenvalue weighted by Crippen LogP contribution is 2.59. The number of hydrogen-bond acceptors (Lipinski definition) is 17. The van der Waals surface area contributed by atoms with Crippen LogP contribution in [-0.4, -0.2) is 144 Å². The van der Waals surface area contributed by atoms with E-state index in [1.165, 1.54) is 32.9 Å². The van der Waals surface area contributed by atoms with Gasteiger partial charge in [-0.1, -0.05) is 31.5 Å². The highest BCUT2D eigenvalue weighted by Gasteiger charge is 2.70. The fourth-order valence-corrected chi connectivity index (χ4v) is 9.59. The molecule has 19 nitrogen and oxygen atoms in total. The van der Waals surface area contributed by atoms with Gasteiger partial charge in [-0.2, -0.15) is 0 Å². The van der Waals surface area contributed by atoms with Gasteiger partial charge in [0.2, 0.25) is 12.0 Å². The largest absolute Gasteiger partial charge is 0.466 e. The molecule has 12 atom stereocenters. The third kappa shape index (κ3) is 11.8. The van der Waals surface area contributed by atoms with E-state index in [0.29, 0.717) is 32.4 Å². The minimum Gasteiger partial charge on any atom is -0.466 e. The van der Waals surface area contributed by atoms with E-state index in [4.69, 9.17) is 33.2 Å². The van der Waals surface area contributed by atoms with E-state index in [1.807, 2.05) is 0 Å². The van der Waals surface area contributed by atoms with E-state index in [-0.39, 0.29) is 42.1 Å². The predicted octanol–water partition coefficient (Wildman–Crippen LogP) is 2.64. The van der Waals surface area contributed by atoms with Crippen molar-refractivity contribution in [3.05, 3.63) is 47.0 Å². The van der Waals surface area contributed by atoms with E-state index in [9.17, 15) is 48.9 Å². The molecule has 4 aliphatic rings. The maximum atomic E-state index is 14.7. The molecular weight excluding hydrogens is 865 g/mol. The number of ether oxygens (including phenoxy) is 7. The lowest BCUT2D eigenvalue weighted by Crippen LogP contribution is -2.73. The van der Waals surface area contributed by atoms with Gasteiger partial charge in [0, 0.05) is 43.6 Å². The number of carbonyl (C=O) groups excluding carboxylic acids is 7. The smallest absolute Gasteiger partial charge is 0.408 e. The van der Waals surface area contributed by atoms with Crippen molar-refractivity contribution in [2.75, 3.05) is 33.0 Å². The molecule has 66 heavy (non-hydrogen) atoms. The Kier molecular flexibility index (Phi) is 17.2. The molecule has 2 amide bonds. The van der Waals surface area contributed by atoms with E-state index in [0.717, 1.165) is 0 Å². The van der Waals surface area contributed by atoms with Crippen molar-refractivity contribution in [1.82, 2.24) is 10.6 Å². The number of fused-ring (bicyclic) bond motifs is 5. The second kappa shape index (κ2) is 21.8. The molecule has 1 aromatic rings. The summed E-state index contributed by atoms with van der Waals surface area (Å²) in [5, 5.41) is 41.9. The first kappa shape index (κ1) is 52.0. The molecule has 0 radical (unpaired) electrons. The van der Waals surface area contributed by atoms with Gasteiger partial charge in [0.25, 0.3) is 0 Å². The lowest BCUT2D eigenvalue weighted by molar-refractivity contribution is -0.269. The van der Waals surface area contributed by atoms with Gasteiger partial charge in [0.1, 0.15) is 42.7 Å². The number of aliphatic hydroxyl groups is 3. The average Bonchev–Trinajstić information content (AvgIpc) is 3.23. The van der Waals surface area contributed by atoms with Gasteiger partial charge in [-0.05, 0) is 84.6 Å². The third-order valence-corrected chi connectivity index (χ3v) is 13.2. The maximum absolute atomic E-state index is 14.7. The minimum absolute atomic E-state index is 0.0111. The second-order valence-corrected chi connectivity index (χ2v) is 18.8. The molecule has 366 valence electrons. The van der Waals surface area contributed by atoms with Crippen LogP contribution in [0.5, 0.6) is 0 Å². The molecule has 0 spiro atoms. The van der Waals surface area contributed by atoms with Crippen molar-refractivity contribution >= 4 is 41.7 Å². The number of Topliss-reactive ketones (excluding diaryl/α,β-unsaturated/α-hetero) is 1. The monoisotopic (exact) mass is 930 g/mol. The molecule has 5 N–H and O–H groups in total. The normalized spacial score (nSPS) is 30.1. The molecule has 19 heteroatoms. The molecule has 3 fully saturated rings. The quantitative estimate of drug-likeness (QED) is 0.0613. The molecular formula is C47H66N2O17. The highest BCUT2D eigenvalue weighted by molar-refractivity contribution is 5.93. The minimum atomic E-state index is -2.15. The van der Waals surface area contributed by atoms with E-state index in [1.54, 1.807) is 52.8 Å². The molecule has 1 aromatic carbocycles. The third-order valence-electron chi connectivity index (χ3n) is 13.2. The standard InChI is InChI=1S/C47H66N2O17/c1-9-61-34(52)18-14-11-15-19-48-33(51)23-60-24-35(53)64-39(27(4)49-44(58)66-45(5,6)7)43(57)63-31-21-47(59)26(3)36(25(31)2)38(54)40(55)46(8)32(50)20-30-29(22-62-30)37(46)41(47)65-42(56)28-16-12-10-13-17-28/h10,12-13,16-17,26-27,29-32,37-39,41,50,54,59H,9,11,14-15,18-24H2,1-8H3,(H,48,51)(H,49,58)/t26-,27?,29-,30-,31+,32+,37+,38-,39-,41+,46-,47+/m1/s1. The number of hydrogen-bond donors (Lipinski definition) is 5. The van der Waals surface area contributed by atoms with E-state index < -0.39 is 132 Å². The van der Waals surface area contributed by atoms with Crippen molar-refractivity contribution < 1.29 is 82.0 Å². The predicted molar refractivity (Wildman–Crippen MR) is 231 cm³/mol. The Hall–Kier alpha value is -4.95. The Morgan fingerprint density at radius 3 is 2.32 bits per heavy atom. The Balaban J connectivity index is 1.38. The summed E-state index contributed by atoms with van der Waals surface area (Å²) in [5.41, 5.74) is -4.52. The number of benzene rings is 1. The average molecular weight is 931 g/mol. The SMILES string of the molecule is CCOC(=O)CCCCCNC(=O)COCC(=O)O[C@@H](C(=O)O[C@H]1C[C@]2(O)[C@H](C)C(=C1C)[C@@H](O)C(=O)[C@@]1(C)[C@@H]([C@@H]3CO[C@@H]3C[C@@H]1O)[C@@H]2OC(=O)c1ccccc1)C(C)NC(=O)OC(C)(C)C. The number of nitrogens with one attached hydrogen (secondary N) is 2. The number of alkyl carbamates (subject to hydrolysis) is 1.